The maximum atomic E-state index is 2.37. The molecule has 1 aliphatic rings. The number of nitrogens with zero attached hydrogens (tertiary/aromatic N) is 1. The third kappa shape index (κ3) is 1.95. The van der Waals surface area contributed by atoms with Crippen molar-refractivity contribution in [1.82, 2.24) is 0 Å². The molecule has 84 valence electrons. The molecule has 1 aromatic rings. The molecular weight excluding hydrogens is 194 g/mol. The summed E-state index contributed by atoms with van der Waals surface area (Å²) < 4.78 is 2.37. The Kier molecular flexibility index (Phi) is 2.95. The molecule has 1 nitrogen and oxygen atoms in total. The summed E-state index contributed by atoms with van der Waals surface area (Å²) in [5.74, 6) is 0. The molecule has 1 heteroatoms. The molecule has 0 aliphatic carbocycles. The topological polar surface area (TPSA) is 3.01 Å². The van der Waals surface area contributed by atoms with Crippen molar-refractivity contribution in [1.29, 1.82) is 0 Å². The van der Waals surface area contributed by atoms with Crippen LogP contribution in [-0.4, -0.2) is 23.9 Å². The van der Waals surface area contributed by atoms with E-state index in [0.717, 1.165) is 13.0 Å². The van der Waals surface area contributed by atoms with Crippen LogP contribution in [0.5, 0.6) is 0 Å². The molecule has 0 bridgehead atoms. The number of hydrogen-bond acceptors (Lipinski definition) is 0. The molecule has 0 N–H and O–H groups in total. The summed E-state index contributed by atoms with van der Waals surface area (Å²) in [4.78, 5) is 0. The van der Waals surface area contributed by atoms with E-state index in [4.69, 9.17) is 0 Å². The lowest BCUT2D eigenvalue weighted by molar-refractivity contribution is -0.496. The van der Waals surface area contributed by atoms with E-state index in [2.05, 4.69) is 56.7 Å². The number of aryl methyl sites for hydroxylation is 2. The summed E-state index contributed by atoms with van der Waals surface area (Å²) in [6, 6.07) is 6.69. The second-order valence-corrected chi connectivity index (χ2v) is 4.76. The van der Waals surface area contributed by atoms with Gasteiger partial charge in [-0.3, -0.25) is 0 Å². The van der Waals surface area contributed by atoms with E-state index in [0.29, 0.717) is 0 Å². The first-order valence-electron chi connectivity index (χ1n) is 5.92. The molecule has 1 aromatic carbocycles. The molecule has 0 unspecified atom stereocenters. The van der Waals surface area contributed by atoms with Gasteiger partial charge in [-0.15, -0.1) is 0 Å². The summed E-state index contributed by atoms with van der Waals surface area (Å²) in [6.07, 6.45) is 3.51. The van der Waals surface area contributed by atoms with Crippen LogP contribution in [-0.2, 0) is 0 Å². The van der Waals surface area contributed by atoms with E-state index >= 15 is 0 Å². The minimum absolute atomic E-state index is 1.13. The molecule has 2 rings (SSSR count). The molecule has 0 fully saturated rings. The van der Waals surface area contributed by atoms with Crippen molar-refractivity contribution in [3.05, 3.63) is 46.5 Å². The molecular formula is C15H20N+. The third-order valence-corrected chi connectivity index (χ3v) is 3.32. The predicted molar refractivity (Wildman–Crippen MR) is 69.5 cm³/mol. The van der Waals surface area contributed by atoms with E-state index in [1.807, 2.05) is 0 Å². The van der Waals surface area contributed by atoms with Crippen LogP contribution in [0.4, 0.5) is 0 Å². The average molecular weight is 214 g/mol. The monoisotopic (exact) mass is 214 g/mol. The fraction of sp³-hybridized carbons (Fsp3) is 0.400. The van der Waals surface area contributed by atoms with Crippen LogP contribution in [0.3, 0.4) is 0 Å². The SMILES string of the molecule is CC1=CCC[N+](C)=C1c1cc(C)ccc1C. The first-order chi connectivity index (χ1) is 7.59. The number of allylic oxidation sites excluding steroid dienone is 1. The van der Waals surface area contributed by atoms with Crippen LogP contribution in [0.2, 0.25) is 0 Å². The van der Waals surface area contributed by atoms with Gasteiger partial charge in [0.05, 0.1) is 0 Å². The zero-order chi connectivity index (χ0) is 11.7. The molecule has 0 saturated carbocycles. The van der Waals surface area contributed by atoms with Gasteiger partial charge in [0.25, 0.3) is 0 Å². The normalized spacial score (nSPS) is 16.4. The minimum atomic E-state index is 1.13. The van der Waals surface area contributed by atoms with Crippen molar-refractivity contribution in [2.45, 2.75) is 27.2 Å². The largest absolute Gasteiger partial charge is 0.232 e. The molecule has 1 aliphatic heterocycles. The number of hydrogen-bond donors (Lipinski definition) is 0. The van der Waals surface area contributed by atoms with Gasteiger partial charge in [-0.1, -0.05) is 23.8 Å². The summed E-state index contributed by atoms with van der Waals surface area (Å²) in [5, 5.41) is 0. The van der Waals surface area contributed by atoms with Gasteiger partial charge >= 0.3 is 0 Å². The highest BCUT2D eigenvalue weighted by molar-refractivity contribution is 6.10. The number of benzene rings is 1. The molecule has 0 radical (unpaired) electrons. The van der Waals surface area contributed by atoms with Crippen molar-refractivity contribution in [2.75, 3.05) is 13.6 Å². The fourth-order valence-corrected chi connectivity index (χ4v) is 2.39. The van der Waals surface area contributed by atoms with E-state index < -0.39 is 0 Å². The summed E-state index contributed by atoms with van der Waals surface area (Å²) in [6.45, 7) is 7.69. The van der Waals surface area contributed by atoms with Gasteiger partial charge in [-0.2, -0.15) is 0 Å². The zero-order valence-corrected chi connectivity index (χ0v) is 10.7. The zero-order valence-electron chi connectivity index (χ0n) is 10.7. The van der Waals surface area contributed by atoms with Gasteiger partial charge in [-0.05, 0) is 32.4 Å². The molecule has 0 atom stereocenters. The Morgan fingerprint density at radius 2 is 1.88 bits per heavy atom. The van der Waals surface area contributed by atoms with E-state index in [9.17, 15) is 0 Å². The minimum Gasteiger partial charge on any atom is -0.232 e. The molecule has 16 heavy (non-hydrogen) atoms. The Bertz CT molecular complexity index is 478. The lowest BCUT2D eigenvalue weighted by Gasteiger charge is -2.14. The quantitative estimate of drug-likeness (QED) is 0.632. The first kappa shape index (κ1) is 11.1. The van der Waals surface area contributed by atoms with Crippen LogP contribution in [0, 0.1) is 13.8 Å². The third-order valence-electron chi connectivity index (χ3n) is 3.32. The van der Waals surface area contributed by atoms with Crippen LogP contribution in [0.25, 0.3) is 0 Å². The van der Waals surface area contributed by atoms with Crippen molar-refractivity contribution in [3.63, 3.8) is 0 Å². The van der Waals surface area contributed by atoms with Crippen LogP contribution < -0.4 is 0 Å². The second kappa shape index (κ2) is 4.25. The van der Waals surface area contributed by atoms with Crippen LogP contribution in [0.1, 0.15) is 30.0 Å². The van der Waals surface area contributed by atoms with Crippen molar-refractivity contribution in [3.8, 4) is 0 Å². The predicted octanol–water partition coefficient (Wildman–Crippen LogP) is 3.08. The Balaban J connectivity index is 2.59. The number of rotatable bonds is 1. The molecule has 0 saturated heterocycles. The maximum Gasteiger partial charge on any atom is 0.209 e. The highest BCUT2D eigenvalue weighted by atomic mass is 15.0. The van der Waals surface area contributed by atoms with Gasteiger partial charge in [0.2, 0.25) is 5.71 Å². The van der Waals surface area contributed by atoms with E-state index in [1.165, 1.54) is 28.0 Å². The summed E-state index contributed by atoms with van der Waals surface area (Å²) in [5.41, 5.74) is 6.88. The average Bonchev–Trinajstić information content (AvgIpc) is 2.23. The Morgan fingerprint density at radius 1 is 1.12 bits per heavy atom. The van der Waals surface area contributed by atoms with Gasteiger partial charge < -0.3 is 0 Å². The van der Waals surface area contributed by atoms with E-state index in [-0.39, 0.29) is 0 Å². The van der Waals surface area contributed by atoms with Gasteiger partial charge in [0.15, 0.2) is 0 Å². The highest BCUT2D eigenvalue weighted by Crippen LogP contribution is 2.18. The molecule has 0 spiro atoms. The smallest absolute Gasteiger partial charge is 0.209 e. The highest BCUT2D eigenvalue weighted by Gasteiger charge is 2.21. The van der Waals surface area contributed by atoms with Gasteiger partial charge in [0.1, 0.15) is 13.6 Å². The van der Waals surface area contributed by atoms with Gasteiger partial charge in [-0.25, -0.2) is 4.58 Å². The van der Waals surface area contributed by atoms with Crippen LogP contribution in [0.15, 0.2) is 29.8 Å². The van der Waals surface area contributed by atoms with Gasteiger partial charge in [0, 0.05) is 17.6 Å². The Morgan fingerprint density at radius 3 is 2.56 bits per heavy atom. The fourth-order valence-electron chi connectivity index (χ4n) is 2.39. The Hall–Kier alpha value is -1.37. The lowest BCUT2D eigenvalue weighted by atomic mass is 9.94. The molecule has 0 amide bonds. The standard InChI is InChI=1S/C15H20N/c1-11-7-8-12(2)14(10-11)15-13(3)6-5-9-16(15)4/h6-8,10H,5,9H2,1-4H3/q+1. The molecule has 0 aromatic heterocycles. The summed E-state index contributed by atoms with van der Waals surface area (Å²) in [7, 11) is 2.19. The van der Waals surface area contributed by atoms with Crippen molar-refractivity contribution < 1.29 is 4.58 Å². The first-order valence-corrected chi connectivity index (χ1v) is 5.92. The van der Waals surface area contributed by atoms with Crippen molar-refractivity contribution >= 4 is 5.71 Å². The molecule has 1 heterocycles. The Labute approximate surface area is 98.1 Å². The van der Waals surface area contributed by atoms with E-state index in [1.54, 1.807) is 0 Å². The van der Waals surface area contributed by atoms with Crippen molar-refractivity contribution in [2.24, 2.45) is 0 Å². The summed E-state index contributed by atoms with van der Waals surface area (Å²) >= 11 is 0. The second-order valence-electron chi connectivity index (χ2n) is 4.76. The van der Waals surface area contributed by atoms with Crippen LogP contribution >= 0.6 is 0 Å². The maximum absolute atomic E-state index is 2.37. The lowest BCUT2D eigenvalue weighted by Crippen LogP contribution is -2.24.